The number of aromatic nitrogens is 3. The van der Waals surface area contributed by atoms with E-state index in [-0.39, 0.29) is 5.75 Å². The fraction of sp³-hybridized carbons (Fsp3) is 0.143. The molecule has 7 heteroatoms. The van der Waals surface area contributed by atoms with Crippen molar-refractivity contribution in [2.45, 2.75) is 26.3 Å². The highest BCUT2D eigenvalue weighted by molar-refractivity contribution is 5.93. The summed E-state index contributed by atoms with van der Waals surface area (Å²) in [4.78, 5) is 12.6. The number of aromatic amines is 1. The van der Waals surface area contributed by atoms with Gasteiger partial charge in [-0.1, -0.05) is 67.6 Å². The Balaban J connectivity index is 1.47. The molecule has 42 heavy (non-hydrogen) atoms. The van der Waals surface area contributed by atoms with E-state index in [1.165, 1.54) is 0 Å². The van der Waals surface area contributed by atoms with Crippen LogP contribution in [0.15, 0.2) is 103 Å². The van der Waals surface area contributed by atoms with Crippen molar-refractivity contribution >= 4 is 22.3 Å². The van der Waals surface area contributed by atoms with Crippen molar-refractivity contribution in [1.29, 1.82) is 0 Å². The third-order valence-electron chi connectivity index (χ3n) is 7.41. The number of halogens is 1. The van der Waals surface area contributed by atoms with Gasteiger partial charge >= 0.3 is 0 Å². The van der Waals surface area contributed by atoms with Gasteiger partial charge in [-0.3, -0.25) is 0 Å². The van der Waals surface area contributed by atoms with E-state index >= 15 is 4.39 Å². The Morgan fingerprint density at radius 1 is 0.929 bits per heavy atom. The molecule has 0 saturated heterocycles. The molecule has 0 radical (unpaired) electrons. The van der Waals surface area contributed by atoms with E-state index in [4.69, 9.17) is 15.5 Å². The summed E-state index contributed by atoms with van der Waals surface area (Å²) in [5, 5.41) is 5.33. The van der Waals surface area contributed by atoms with Crippen molar-refractivity contribution in [3.8, 4) is 28.1 Å². The van der Waals surface area contributed by atoms with E-state index in [0.717, 1.165) is 50.8 Å². The molecular formula is C35H32FN5O. The number of fused-ring (bicyclic) bond motifs is 1. The first-order chi connectivity index (χ1) is 20.6. The van der Waals surface area contributed by atoms with Gasteiger partial charge in [0, 0.05) is 34.6 Å². The fourth-order valence-corrected chi connectivity index (χ4v) is 5.30. The van der Waals surface area contributed by atoms with Gasteiger partial charge in [0.15, 0.2) is 11.6 Å². The van der Waals surface area contributed by atoms with Crippen molar-refractivity contribution in [3.63, 3.8) is 0 Å². The van der Waals surface area contributed by atoms with Crippen LogP contribution < -0.4 is 15.8 Å². The average Bonchev–Trinajstić information content (AvgIpc) is 3.52. The molecule has 4 N–H and O–H groups in total. The number of nitrogen functional groups attached to an aromatic ring is 1. The molecule has 0 fully saturated rings. The van der Waals surface area contributed by atoms with Crippen molar-refractivity contribution < 1.29 is 9.13 Å². The lowest BCUT2D eigenvalue weighted by atomic mass is 9.98. The van der Waals surface area contributed by atoms with Gasteiger partial charge in [-0.15, -0.1) is 0 Å². The minimum Gasteiger partial charge on any atom is -0.491 e. The van der Waals surface area contributed by atoms with Gasteiger partial charge in [0.2, 0.25) is 0 Å². The molecule has 0 aliphatic rings. The monoisotopic (exact) mass is 557 g/mol. The van der Waals surface area contributed by atoms with Gasteiger partial charge in [0.1, 0.15) is 17.7 Å². The van der Waals surface area contributed by atoms with E-state index < -0.39 is 11.9 Å². The van der Waals surface area contributed by atoms with Crippen LogP contribution in [-0.4, -0.2) is 21.6 Å². The standard InChI is InChI=1S/C35H32FN5O/c1-3-22-18-29(32(36)31(19-22)42-4-2)33(40-25-14-15-27-24(20-25)16-17-38-34(27)37)35-39-21-30(41-35)28-13-9-8-12-26(28)23-10-6-5-7-11-23/h5-21,33,40H,3-4H2,1-2H3,(H2,37,38)(H,39,41). The van der Waals surface area contributed by atoms with Crippen LogP contribution >= 0.6 is 0 Å². The van der Waals surface area contributed by atoms with Crippen LogP contribution in [0, 0.1) is 5.82 Å². The zero-order valence-electron chi connectivity index (χ0n) is 23.6. The summed E-state index contributed by atoms with van der Waals surface area (Å²) >= 11 is 0. The summed E-state index contributed by atoms with van der Waals surface area (Å²) in [6.45, 7) is 4.26. The molecule has 0 aliphatic heterocycles. The third-order valence-corrected chi connectivity index (χ3v) is 7.41. The largest absolute Gasteiger partial charge is 0.491 e. The van der Waals surface area contributed by atoms with Crippen LogP contribution in [-0.2, 0) is 6.42 Å². The Morgan fingerprint density at radius 2 is 1.71 bits per heavy atom. The number of ether oxygens (including phenoxy) is 1. The van der Waals surface area contributed by atoms with Crippen molar-refractivity contribution in [3.05, 3.63) is 126 Å². The van der Waals surface area contributed by atoms with Crippen molar-refractivity contribution in [2.24, 2.45) is 0 Å². The number of H-pyrrole nitrogens is 1. The van der Waals surface area contributed by atoms with E-state index in [9.17, 15) is 0 Å². The first kappa shape index (κ1) is 27.0. The Morgan fingerprint density at radius 3 is 2.50 bits per heavy atom. The first-order valence-corrected chi connectivity index (χ1v) is 14.1. The third kappa shape index (κ3) is 5.29. The molecule has 6 nitrogen and oxygen atoms in total. The molecule has 0 spiro atoms. The van der Waals surface area contributed by atoms with Gasteiger partial charge in [0.25, 0.3) is 0 Å². The lowest BCUT2D eigenvalue weighted by Crippen LogP contribution is -2.17. The molecule has 1 atom stereocenters. The van der Waals surface area contributed by atoms with Crippen LogP contribution in [0.2, 0.25) is 0 Å². The summed E-state index contributed by atoms with van der Waals surface area (Å²) in [7, 11) is 0. The fourth-order valence-electron chi connectivity index (χ4n) is 5.30. The summed E-state index contributed by atoms with van der Waals surface area (Å²) in [5.74, 6) is 0.865. The number of imidazole rings is 1. The predicted molar refractivity (Wildman–Crippen MR) is 168 cm³/mol. The second kappa shape index (κ2) is 11.7. The molecule has 1 unspecified atom stereocenters. The van der Waals surface area contributed by atoms with Gasteiger partial charge in [-0.2, -0.15) is 0 Å². The normalized spacial score (nSPS) is 11.9. The molecular weight excluding hydrogens is 525 g/mol. The van der Waals surface area contributed by atoms with Gasteiger partial charge in [0.05, 0.1) is 12.3 Å². The lowest BCUT2D eigenvalue weighted by molar-refractivity contribution is 0.319. The quantitative estimate of drug-likeness (QED) is 0.167. The lowest BCUT2D eigenvalue weighted by Gasteiger charge is -2.22. The van der Waals surface area contributed by atoms with E-state index in [1.807, 2.05) is 80.7 Å². The van der Waals surface area contributed by atoms with Crippen LogP contribution in [0.25, 0.3) is 33.2 Å². The summed E-state index contributed by atoms with van der Waals surface area (Å²) < 4.78 is 21.8. The van der Waals surface area contributed by atoms with E-state index in [2.05, 4.69) is 39.6 Å². The maximum Gasteiger partial charge on any atom is 0.170 e. The summed E-state index contributed by atoms with van der Waals surface area (Å²) in [6, 6.07) is 29.1. The van der Waals surface area contributed by atoms with Crippen LogP contribution in [0.3, 0.4) is 0 Å². The molecule has 2 aromatic heterocycles. The predicted octanol–water partition coefficient (Wildman–Crippen LogP) is 8.18. The van der Waals surface area contributed by atoms with Gasteiger partial charge in [-0.05, 0) is 65.8 Å². The van der Waals surface area contributed by atoms with Crippen LogP contribution in [0.5, 0.6) is 5.75 Å². The van der Waals surface area contributed by atoms with Gasteiger partial charge < -0.3 is 20.8 Å². The minimum atomic E-state index is -0.634. The van der Waals surface area contributed by atoms with Crippen molar-refractivity contribution in [1.82, 2.24) is 15.0 Å². The number of rotatable bonds is 9. The van der Waals surface area contributed by atoms with E-state index in [1.54, 1.807) is 12.3 Å². The number of benzene rings is 4. The Labute approximate surface area is 244 Å². The van der Waals surface area contributed by atoms with Crippen molar-refractivity contribution in [2.75, 3.05) is 17.7 Å². The minimum absolute atomic E-state index is 0.234. The molecule has 0 bridgehead atoms. The van der Waals surface area contributed by atoms with E-state index in [0.29, 0.717) is 23.8 Å². The maximum absolute atomic E-state index is 16.1. The smallest absolute Gasteiger partial charge is 0.170 e. The highest BCUT2D eigenvalue weighted by Gasteiger charge is 2.25. The number of nitrogens with zero attached hydrogens (tertiary/aromatic N) is 2. The number of aryl methyl sites for hydroxylation is 1. The second-order valence-electron chi connectivity index (χ2n) is 10.1. The SMILES string of the molecule is CCOc1cc(CC)cc(C(Nc2ccc3c(N)nccc3c2)c2nc(-c3ccccc3-c3ccccc3)c[nH]2)c1F. The number of anilines is 2. The molecule has 2 heterocycles. The topological polar surface area (TPSA) is 88.8 Å². The zero-order chi connectivity index (χ0) is 29.1. The molecule has 6 aromatic rings. The first-order valence-electron chi connectivity index (χ1n) is 14.1. The molecule has 210 valence electrons. The Bertz CT molecular complexity index is 1850. The Hall–Kier alpha value is -5.17. The second-order valence-corrected chi connectivity index (χ2v) is 10.1. The number of hydrogen-bond acceptors (Lipinski definition) is 5. The zero-order valence-corrected chi connectivity index (χ0v) is 23.6. The number of hydrogen-bond donors (Lipinski definition) is 3. The summed E-state index contributed by atoms with van der Waals surface area (Å²) in [6.07, 6.45) is 4.29. The number of nitrogens with two attached hydrogens (primary N) is 1. The molecule has 0 aliphatic carbocycles. The molecule has 0 saturated carbocycles. The Kier molecular flexibility index (Phi) is 7.56. The average molecular weight is 558 g/mol. The highest BCUT2D eigenvalue weighted by Crippen LogP contribution is 2.36. The number of nitrogens with one attached hydrogen (secondary N) is 2. The van der Waals surface area contributed by atoms with Crippen LogP contribution in [0.4, 0.5) is 15.9 Å². The molecule has 4 aromatic carbocycles. The number of pyridine rings is 1. The molecule has 0 amide bonds. The van der Waals surface area contributed by atoms with Crippen LogP contribution in [0.1, 0.15) is 36.8 Å². The highest BCUT2D eigenvalue weighted by atomic mass is 19.1. The molecule has 6 rings (SSSR count). The summed E-state index contributed by atoms with van der Waals surface area (Å²) in [5.41, 5.74) is 12.2. The van der Waals surface area contributed by atoms with Gasteiger partial charge in [-0.25, -0.2) is 14.4 Å². The maximum atomic E-state index is 16.1.